The Balaban J connectivity index is 1.86. The summed E-state index contributed by atoms with van der Waals surface area (Å²) >= 11 is 0. The Kier molecular flexibility index (Phi) is 3.96. The summed E-state index contributed by atoms with van der Waals surface area (Å²) < 4.78 is 19.2. The molecule has 0 spiro atoms. The number of likely N-dealkylation sites (tertiary alicyclic amines) is 1. The highest BCUT2D eigenvalue weighted by molar-refractivity contribution is 5.94. The summed E-state index contributed by atoms with van der Waals surface area (Å²) in [6.45, 7) is 4.67. The normalized spacial score (nSPS) is 18.2. The molecule has 1 unspecified atom stereocenters. The number of hydrogen-bond acceptors (Lipinski definition) is 3. The van der Waals surface area contributed by atoms with Crippen molar-refractivity contribution in [2.45, 2.75) is 38.6 Å². The maximum Gasteiger partial charge on any atom is 0.257 e. The number of hydrogen-bond donors (Lipinski definition) is 0. The molecule has 1 saturated heterocycles. The van der Waals surface area contributed by atoms with E-state index in [1.54, 1.807) is 17.0 Å². The summed E-state index contributed by atoms with van der Waals surface area (Å²) in [5.74, 6) is 0.287. The number of amides is 1. The van der Waals surface area contributed by atoms with Gasteiger partial charge in [-0.2, -0.15) is 0 Å². The fourth-order valence-electron chi connectivity index (χ4n) is 2.84. The van der Waals surface area contributed by atoms with Crippen LogP contribution in [0, 0.1) is 5.82 Å². The third-order valence-corrected chi connectivity index (χ3v) is 4.07. The second-order valence-corrected chi connectivity index (χ2v) is 5.95. The Morgan fingerprint density at radius 2 is 2.18 bits per heavy atom. The molecule has 116 valence electrons. The number of benzene rings is 1. The van der Waals surface area contributed by atoms with Crippen molar-refractivity contribution in [3.8, 4) is 0 Å². The van der Waals surface area contributed by atoms with Crippen molar-refractivity contribution < 1.29 is 13.7 Å². The Morgan fingerprint density at radius 1 is 1.41 bits per heavy atom. The van der Waals surface area contributed by atoms with Gasteiger partial charge < -0.3 is 9.42 Å². The van der Waals surface area contributed by atoms with Gasteiger partial charge in [-0.25, -0.2) is 4.39 Å². The first-order valence-electron chi connectivity index (χ1n) is 7.60. The fourth-order valence-corrected chi connectivity index (χ4v) is 2.84. The summed E-state index contributed by atoms with van der Waals surface area (Å²) in [4.78, 5) is 14.3. The van der Waals surface area contributed by atoms with E-state index in [-0.39, 0.29) is 23.4 Å². The highest BCUT2D eigenvalue weighted by atomic mass is 19.1. The molecule has 0 saturated carbocycles. The minimum absolute atomic E-state index is 0.113. The van der Waals surface area contributed by atoms with E-state index in [9.17, 15) is 9.18 Å². The molecule has 0 radical (unpaired) electrons. The van der Waals surface area contributed by atoms with Crippen LogP contribution in [-0.4, -0.2) is 22.5 Å². The first-order chi connectivity index (χ1) is 10.6. The molecule has 5 heteroatoms. The minimum Gasteiger partial charge on any atom is -0.361 e. The predicted molar refractivity (Wildman–Crippen MR) is 80.0 cm³/mol. The second kappa shape index (κ2) is 5.91. The first-order valence-corrected chi connectivity index (χ1v) is 7.60. The molecule has 0 bridgehead atoms. The molecule has 4 nitrogen and oxygen atoms in total. The summed E-state index contributed by atoms with van der Waals surface area (Å²) in [6.07, 6.45) is 1.71. The molecule has 2 aromatic rings. The van der Waals surface area contributed by atoms with Crippen LogP contribution < -0.4 is 0 Å². The quantitative estimate of drug-likeness (QED) is 0.863. The highest BCUT2D eigenvalue weighted by Gasteiger charge is 2.33. The Labute approximate surface area is 128 Å². The van der Waals surface area contributed by atoms with E-state index in [2.05, 4.69) is 5.16 Å². The summed E-state index contributed by atoms with van der Waals surface area (Å²) in [7, 11) is 0. The van der Waals surface area contributed by atoms with E-state index >= 15 is 0 Å². The molecular weight excluding hydrogens is 283 g/mol. The van der Waals surface area contributed by atoms with Gasteiger partial charge in [0.05, 0.1) is 11.6 Å². The largest absolute Gasteiger partial charge is 0.361 e. The zero-order chi connectivity index (χ0) is 15.7. The number of aromatic nitrogens is 1. The monoisotopic (exact) mass is 302 g/mol. The van der Waals surface area contributed by atoms with Crippen LogP contribution in [0.4, 0.5) is 4.39 Å². The van der Waals surface area contributed by atoms with Crippen molar-refractivity contribution in [2.24, 2.45) is 0 Å². The molecule has 1 aliphatic rings. The van der Waals surface area contributed by atoms with Crippen LogP contribution in [0.3, 0.4) is 0 Å². The molecule has 0 N–H and O–H groups in total. The smallest absolute Gasteiger partial charge is 0.257 e. The molecule has 1 amide bonds. The maximum atomic E-state index is 13.9. The van der Waals surface area contributed by atoms with E-state index in [0.717, 1.165) is 24.3 Å². The van der Waals surface area contributed by atoms with Gasteiger partial charge in [0.15, 0.2) is 0 Å². The average molecular weight is 302 g/mol. The van der Waals surface area contributed by atoms with Gasteiger partial charge in [0, 0.05) is 18.5 Å². The van der Waals surface area contributed by atoms with Crippen LogP contribution in [0.15, 0.2) is 34.9 Å². The number of carbonyl (C=O) groups excluding carboxylic acids is 1. The standard InChI is InChI=1S/C17H19FN2O2/c1-11(2)16-10-14(19-22-16)15-8-5-9-20(15)17(21)12-6-3-4-7-13(12)18/h3-4,6-7,10-11,15H,5,8-9H2,1-2H3. The molecule has 1 aromatic heterocycles. The summed E-state index contributed by atoms with van der Waals surface area (Å²) in [5, 5.41) is 4.11. The lowest BCUT2D eigenvalue weighted by Gasteiger charge is -2.23. The number of carbonyl (C=O) groups is 1. The van der Waals surface area contributed by atoms with Crippen LogP contribution in [0.1, 0.15) is 60.5 Å². The van der Waals surface area contributed by atoms with E-state index in [1.807, 2.05) is 19.9 Å². The molecule has 2 heterocycles. The highest BCUT2D eigenvalue weighted by Crippen LogP contribution is 2.34. The second-order valence-electron chi connectivity index (χ2n) is 5.95. The predicted octanol–water partition coefficient (Wildman–Crippen LogP) is 3.91. The van der Waals surface area contributed by atoms with Gasteiger partial charge in [0.2, 0.25) is 0 Å². The van der Waals surface area contributed by atoms with Crippen molar-refractivity contribution in [2.75, 3.05) is 6.54 Å². The van der Waals surface area contributed by atoms with Gasteiger partial charge in [0.1, 0.15) is 17.3 Å². The topological polar surface area (TPSA) is 46.3 Å². The van der Waals surface area contributed by atoms with Gasteiger partial charge in [0.25, 0.3) is 5.91 Å². The fraction of sp³-hybridized carbons (Fsp3) is 0.412. The van der Waals surface area contributed by atoms with Crippen molar-refractivity contribution in [3.63, 3.8) is 0 Å². The number of nitrogens with zero attached hydrogens (tertiary/aromatic N) is 2. The third kappa shape index (κ3) is 2.63. The zero-order valence-electron chi connectivity index (χ0n) is 12.8. The van der Waals surface area contributed by atoms with E-state index in [1.165, 1.54) is 12.1 Å². The molecule has 0 aliphatic carbocycles. The first kappa shape index (κ1) is 14.8. The van der Waals surface area contributed by atoms with E-state index < -0.39 is 5.82 Å². The maximum absolute atomic E-state index is 13.9. The van der Waals surface area contributed by atoms with Crippen molar-refractivity contribution in [1.82, 2.24) is 10.1 Å². The number of rotatable bonds is 3. The van der Waals surface area contributed by atoms with Gasteiger partial charge in [-0.3, -0.25) is 4.79 Å². The van der Waals surface area contributed by atoms with Gasteiger partial charge in [-0.1, -0.05) is 31.1 Å². The van der Waals surface area contributed by atoms with Crippen LogP contribution in [-0.2, 0) is 0 Å². The Bertz CT molecular complexity index is 681. The van der Waals surface area contributed by atoms with E-state index in [4.69, 9.17) is 4.52 Å². The molecule has 1 aliphatic heterocycles. The zero-order valence-corrected chi connectivity index (χ0v) is 12.8. The molecule has 1 aromatic carbocycles. The molecule has 1 fully saturated rings. The van der Waals surface area contributed by atoms with Crippen molar-refractivity contribution >= 4 is 5.91 Å². The Hall–Kier alpha value is -2.17. The summed E-state index contributed by atoms with van der Waals surface area (Å²) in [6, 6.07) is 7.86. The van der Waals surface area contributed by atoms with Gasteiger partial charge in [-0.15, -0.1) is 0 Å². The minimum atomic E-state index is -0.485. The van der Waals surface area contributed by atoms with Gasteiger partial charge >= 0.3 is 0 Å². The van der Waals surface area contributed by atoms with Crippen molar-refractivity contribution in [3.05, 3.63) is 53.2 Å². The Morgan fingerprint density at radius 3 is 2.86 bits per heavy atom. The molecule has 3 rings (SSSR count). The lowest BCUT2D eigenvalue weighted by atomic mass is 10.1. The molecular formula is C17H19FN2O2. The van der Waals surface area contributed by atoms with Gasteiger partial charge in [-0.05, 0) is 25.0 Å². The average Bonchev–Trinajstić information content (AvgIpc) is 3.15. The van der Waals surface area contributed by atoms with Crippen LogP contribution >= 0.6 is 0 Å². The lowest BCUT2D eigenvalue weighted by Crippen LogP contribution is -2.31. The molecule has 1 atom stereocenters. The van der Waals surface area contributed by atoms with Crippen LogP contribution in [0.5, 0.6) is 0 Å². The van der Waals surface area contributed by atoms with Crippen LogP contribution in [0.2, 0.25) is 0 Å². The SMILES string of the molecule is CC(C)c1cc(C2CCCN2C(=O)c2ccccc2F)no1. The molecule has 22 heavy (non-hydrogen) atoms. The van der Waals surface area contributed by atoms with Crippen molar-refractivity contribution in [1.29, 1.82) is 0 Å². The number of halogens is 1. The third-order valence-electron chi connectivity index (χ3n) is 4.07. The van der Waals surface area contributed by atoms with Crippen LogP contribution in [0.25, 0.3) is 0 Å². The summed E-state index contributed by atoms with van der Waals surface area (Å²) in [5.41, 5.74) is 0.868. The van der Waals surface area contributed by atoms with E-state index in [0.29, 0.717) is 6.54 Å². The lowest BCUT2D eigenvalue weighted by molar-refractivity contribution is 0.0726.